The van der Waals surface area contributed by atoms with Crippen molar-refractivity contribution in [3.63, 3.8) is 0 Å². The summed E-state index contributed by atoms with van der Waals surface area (Å²) >= 11 is 1.64. The van der Waals surface area contributed by atoms with Gasteiger partial charge in [0.15, 0.2) is 0 Å². The predicted molar refractivity (Wildman–Crippen MR) is 88.1 cm³/mol. The van der Waals surface area contributed by atoms with Gasteiger partial charge in [0.2, 0.25) is 11.8 Å². The van der Waals surface area contributed by atoms with E-state index in [1.807, 2.05) is 43.5 Å². The van der Waals surface area contributed by atoms with E-state index in [0.717, 1.165) is 11.3 Å². The first-order valence-electron chi connectivity index (χ1n) is 6.85. The molecule has 0 radical (unpaired) electrons. The van der Waals surface area contributed by atoms with Gasteiger partial charge >= 0.3 is 0 Å². The van der Waals surface area contributed by atoms with Crippen LogP contribution in [0.1, 0.15) is 24.9 Å². The molecule has 2 amide bonds. The maximum absolute atomic E-state index is 12.3. The molecule has 114 valence electrons. The number of thioether (sulfide) groups is 1. The highest BCUT2D eigenvalue weighted by molar-refractivity contribution is 7.98. The lowest BCUT2D eigenvalue weighted by atomic mass is 10.1. The van der Waals surface area contributed by atoms with Crippen LogP contribution in [0.4, 0.5) is 0 Å². The van der Waals surface area contributed by atoms with Gasteiger partial charge in [-0.3, -0.25) is 9.59 Å². The number of benzene rings is 1. The summed E-state index contributed by atoms with van der Waals surface area (Å²) in [5.41, 5.74) is 1.03. The Kier molecular flexibility index (Phi) is 7.61. The Morgan fingerprint density at radius 2 is 1.95 bits per heavy atom. The van der Waals surface area contributed by atoms with Crippen LogP contribution in [0, 0.1) is 0 Å². The van der Waals surface area contributed by atoms with Gasteiger partial charge in [-0.05, 0) is 37.0 Å². The number of nitrogens with one attached hydrogen (secondary N) is 2. The molecule has 1 unspecified atom stereocenters. The zero-order chi connectivity index (χ0) is 15.7. The van der Waals surface area contributed by atoms with E-state index in [1.165, 1.54) is 6.08 Å². The molecule has 2 atom stereocenters. The summed E-state index contributed by atoms with van der Waals surface area (Å²) < 4.78 is 0. The van der Waals surface area contributed by atoms with Gasteiger partial charge in [-0.1, -0.05) is 36.9 Å². The third-order valence-electron chi connectivity index (χ3n) is 3.09. The average Bonchev–Trinajstić information content (AvgIpc) is 2.51. The molecule has 0 saturated carbocycles. The molecule has 1 rings (SSSR count). The second-order valence-corrected chi connectivity index (χ2v) is 5.67. The fourth-order valence-corrected chi connectivity index (χ4v) is 2.35. The van der Waals surface area contributed by atoms with Crippen LogP contribution in [-0.2, 0) is 9.59 Å². The van der Waals surface area contributed by atoms with Crippen molar-refractivity contribution in [2.24, 2.45) is 0 Å². The highest BCUT2D eigenvalue weighted by Gasteiger charge is 2.21. The summed E-state index contributed by atoms with van der Waals surface area (Å²) in [5.74, 6) is 0.300. The molecule has 0 aliphatic heterocycles. The van der Waals surface area contributed by atoms with Crippen molar-refractivity contribution >= 4 is 23.6 Å². The van der Waals surface area contributed by atoms with Crippen molar-refractivity contribution < 1.29 is 9.59 Å². The van der Waals surface area contributed by atoms with E-state index < -0.39 is 6.04 Å². The maximum Gasteiger partial charge on any atom is 0.244 e. The Hall–Kier alpha value is -1.75. The van der Waals surface area contributed by atoms with E-state index in [0.29, 0.717) is 6.42 Å². The van der Waals surface area contributed by atoms with Gasteiger partial charge in [0, 0.05) is 0 Å². The molecule has 4 nitrogen and oxygen atoms in total. The molecule has 0 saturated heterocycles. The molecule has 0 heterocycles. The van der Waals surface area contributed by atoms with E-state index in [2.05, 4.69) is 17.2 Å². The summed E-state index contributed by atoms with van der Waals surface area (Å²) in [7, 11) is 0. The van der Waals surface area contributed by atoms with Gasteiger partial charge < -0.3 is 10.6 Å². The van der Waals surface area contributed by atoms with Crippen LogP contribution >= 0.6 is 11.8 Å². The Balaban J connectivity index is 2.66. The molecule has 0 bridgehead atoms. The molecule has 0 aliphatic carbocycles. The summed E-state index contributed by atoms with van der Waals surface area (Å²) in [6, 6.07) is 9.09. The van der Waals surface area contributed by atoms with Crippen LogP contribution in [0.15, 0.2) is 43.0 Å². The third-order valence-corrected chi connectivity index (χ3v) is 3.73. The van der Waals surface area contributed by atoms with E-state index in [4.69, 9.17) is 0 Å². The van der Waals surface area contributed by atoms with Gasteiger partial charge in [0.25, 0.3) is 0 Å². The molecule has 0 aliphatic rings. The minimum atomic E-state index is -0.533. The molecule has 2 N–H and O–H groups in total. The van der Waals surface area contributed by atoms with Crippen molar-refractivity contribution in [3.8, 4) is 0 Å². The Labute approximate surface area is 130 Å². The molecule has 0 spiro atoms. The minimum absolute atomic E-state index is 0.101. The number of carbonyl (C=O) groups excluding carboxylic acids is 2. The van der Waals surface area contributed by atoms with Gasteiger partial charge in [-0.2, -0.15) is 11.8 Å². The second kappa shape index (κ2) is 9.23. The molecule has 21 heavy (non-hydrogen) atoms. The summed E-state index contributed by atoms with van der Waals surface area (Å²) in [5, 5.41) is 5.61. The smallest absolute Gasteiger partial charge is 0.244 e. The fourth-order valence-electron chi connectivity index (χ4n) is 1.87. The number of rotatable bonds is 8. The average molecular weight is 306 g/mol. The largest absolute Gasteiger partial charge is 0.348 e. The van der Waals surface area contributed by atoms with Crippen LogP contribution in [0.2, 0.25) is 0 Å². The molecular formula is C16H22N2O2S. The van der Waals surface area contributed by atoms with Crippen LogP contribution < -0.4 is 10.6 Å². The quantitative estimate of drug-likeness (QED) is 0.725. The summed E-state index contributed by atoms with van der Waals surface area (Å²) in [4.78, 5) is 23.7. The van der Waals surface area contributed by atoms with E-state index in [-0.39, 0.29) is 17.9 Å². The lowest BCUT2D eigenvalue weighted by Crippen LogP contribution is -2.47. The zero-order valence-corrected chi connectivity index (χ0v) is 13.3. The summed E-state index contributed by atoms with van der Waals surface area (Å²) in [6.07, 6.45) is 3.74. The maximum atomic E-state index is 12.3. The highest BCUT2D eigenvalue weighted by Crippen LogP contribution is 2.12. The summed E-state index contributed by atoms with van der Waals surface area (Å²) in [6.45, 7) is 5.34. The lowest BCUT2D eigenvalue weighted by molar-refractivity contribution is -0.127. The standard InChI is InChI=1S/C16H22N2O2S/c1-4-15(19)18-14(10-11-21-3)16(20)17-12(2)13-8-6-5-7-9-13/h4-9,12,14H,1,10-11H2,2-3H3,(H,17,20)(H,18,19)/t12?,14-/m0/s1. The Morgan fingerprint density at radius 1 is 1.29 bits per heavy atom. The minimum Gasteiger partial charge on any atom is -0.348 e. The number of carbonyl (C=O) groups is 2. The molecule has 0 aromatic heterocycles. The number of amides is 2. The van der Waals surface area contributed by atoms with Crippen molar-refractivity contribution in [1.29, 1.82) is 0 Å². The number of hydrogen-bond acceptors (Lipinski definition) is 3. The molecular weight excluding hydrogens is 284 g/mol. The first-order chi connectivity index (χ1) is 10.1. The Bertz CT molecular complexity index is 476. The van der Waals surface area contributed by atoms with Crippen molar-refractivity contribution in [1.82, 2.24) is 10.6 Å². The normalized spacial score (nSPS) is 13.0. The van der Waals surface area contributed by atoms with Crippen LogP contribution in [0.3, 0.4) is 0 Å². The highest BCUT2D eigenvalue weighted by atomic mass is 32.2. The van der Waals surface area contributed by atoms with Crippen LogP contribution in [0.25, 0.3) is 0 Å². The topological polar surface area (TPSA) is 58.2 Å². The fraction of sp³-hybridized carbons (Fsp3) is 0.375. The van der Waals surface area contributed by atoms with Crippen molar-refractivity contribution in [2.45, 2.75) is 25.4 Å². The van der Waals surface area contributed by atoms with E-state index in [9.17, 15) is 9.59 Å². The van der Waals surface area contributed by atoms with Crippen LogP contribution in [-0.4, -0.2) is 29.9 Å². The monoisotopic (exact) mass is 306 g/mol. The van der Waals surface area contributed by atoms with Gasteiger partial charge in [0.05, 0.1) is 6.04 Å². The SMILES string of the molecule is C=CC(=O)N[C@@H](CCSC)C(=O)NC(C)c1ccccc1. The first kappa shape index (κ1) is 17.3. The lowest BCUT2D eigenvalue weighted by Gasteiger charge is -2.21. The molecule has 1 aromatic carbocycles. The Morgan fingerprint density at radius 3 is 2.52 bits per heavy atom. The van der Waals surface area contributed by atoms with Gasteiger partial charge in [-0.25, -0.2) is 0 Å². The molecule has 1 aromatic rings. The van der Waals surface area contributed by atoms with Gasteiger partial charge in [0.1, 0.15) is 6.04 Å². The van der Waals surface area contributed by atoms with E-state index >= 15 is 0 Å². The van der Waals surface area contributed by atoms with Crippen LogP contribution in [0.5, 0.6) is 0 Å². The molecule has 5 heteroatoms. The second-order valence-electron chi connectivity index (χ2n) is 4.69. The van der Waals surface area contributed by atoms with Gasteiger partial charge in [-0.15, -0.1) is 0 Å². The van der Waals surface area contributed by atoms with Crippen molar-refractivity contribution in [2.75, 3.05) is 12.0 Å². The zero-order valence-electron chi connectivity index (χ0n) is 12.5. The number of hydrogen-bond donors (Lipinski definition) is 2. The predicted octanol–water partition coefficient (Wildman–Crippen LogP) is 2.29. The third kappa shape index (κ3) is 6.04. The van der Waals surface area contributed by atoms with Crippen molar-refractivity contribution in [3.05, 3.63) is 48.6 Å². The van der Waals surface area contributed by atoms with E-state index in [1.54, 1.807) is 11.8 Å². The molecule has 0 fully saturated rings. The first-order valence-corrected chi connectivity index (χ1v) is 8.25.